The largest absolute Gasteiger partial charge is 0.494 e. The number of carbonyl (C=O) groups excluding carboxylic acids is 2. The van der Waals surface area contributed by atoms with Gasteiger partial charge in [-0.3, -0.25) is 19.6 Å². The summed E-state index contributed by atoms with van der Waals surface area (Å²) in [6.45, 7) is 0. The number of rotatable bonds is 5. The van der Waals surface area contributed by atoms with Gasteiger partial charge in [0.2, 0.25) is 0 Å². The molecule has 11 heteroatoms. The van der Waals surface area contributed by atoms with Crippen molar-refractivity contribution in [3.05, 3.63) is 40.2 Å². The maximum Gasteiger partial charge on any atom is 0.323 e. The van der Waals surface area contributed by atoms with Crippen LogP contribution in [0.5, 0.6) is 5.75 Å². The second-order valence-electron chi connectivity index (χ2n) is 4.62. The van der Waals surface area contributed by atoms with Gasteiger partial charge in [0.15, 0.2) is 0 Å². The van der Waals surface area contributed by atoms with Crippen LogP contribution >= 0.6 is 0 Å². The molecule has 0 aliphatic heterocycles. The van der Waals surface area contributed by atoms with Crippen molar-refractivity contribution in [1.29, 1.82) is 0 Å². The second kappa shape index (κ2) is 6.64. The first-order valence-corrected chi connectivity index (χ1v) is 6.55. The molecule has 126 valence electrons. The van der Waals surface area contributed by atoms with Gasteiger partial charge in [-0.25, -0.2) is 4.79 Å². The number of nitro groups is 1. The highest BCUT2D eigenvalue weighted by atomic mass is 16.6. The van der Waals surface area contributed by atoms with Crippen LogP contribution in [-0.2, 0) is 7.05 Å². The number of urea groups is 1. The zero-order valence-electron chi connectivity index (χ0n) is 12.8. The number of aromatic nitrogens is 2. The van der Waals surface area contributed by atoms with E-state index in [0.29, 0.717) is 0 Å². The van der Waals surface area contributed by atoms with Crippen LogP contribution in [-0.4, -0.2) is 33.8 Å². The average Bonchev–Trinajstić information content (AvgIpc) is 2.87. The van der Waals surface area contributed by atoms with E-state index in [1.54, 1.807) is 0 Å². The first-order valence-electron chi connectivity index (χ1n) is 6.55. The van der Waals surface area contributed by atoms with Gasteiger partial charge in [-0.05, 0) is 6.07 Å². The number of methoxy groups -OCH3 is 1. The summed E-state index contributed by atoms with van der Waals surface area (Å²) < 4.78 is 6.24. The van der Waals surface area contributed by atoms with E-state index in [1.165, 1.54) is 43.2 Å². The van der Waals surface area contributed by atoms with Crippen LogP contribution in [0.4, 0.5) is 21.9 Å². The van der Waals surface area contributed by atoms with Crippen LogP contribution in [0.3, 0.4) is 0 Å². The second-order valence-corrected chi connectivity index (χ2v) is 4.62. The summed E-state index contributed by atoms with van der Waals surface area (Å²) in [5.41, 5.74) is 5.41. The Kier molecular flexibility index (Phi) is 4.63. The number of anilines is 2. The van der Waals surface area contributed by atoms with Crippen LogP contribution in [0, 0.1) is 10.1 Å². The number of hydrogen-bond acceptors (Lipinski definition) is 6. The third-order valence-electron chi connectivity index (χ3n) is 3.06. The molecule has 0 saturated carbocycles. The molecular weight excluding hydrogens is 320 g/mol. The molecule has 2 aromatic rings. The molecule has 0 bridgehead atoms. The number of aryl methyl sites for hydroxylation is 1. The third kappa shape index (κ3) is 3.40. The number of primary amides is 1. The number of carbonyl (C=O) groups is 2. The maximum absolute atomic E-state index is 12.1. The van der Waals surface area contributed by atoms with E-state index in [1.807, 2.05) is 0 Å². The van der Waals surface area contributed by atoms with Crippen molar-refractivity contribution in [2.45, 2.75) is 0 Å². The van der Waals surface area contributed by atoms with Crippen molar-refractivity contribution < 1.29 is 19.2 Å². The van der Waals surface area contributed by atoms with Crippen molar-refractivity contribution in [2.75, 3.05) is 17.7 Å². The Balaban J connectivity index is 2.19. The standard InChI is InChI=1S/C13H14N6O5/c1-18-11(12(14)20)9(6-15-18)17-13(21)16-8-4-3-7(19(22)23)5-10(8)24-2/h3-6H,1-2H3,(H2,14,20)(H2,16,17,21). The van der Waals surface area contributed by atoms with Crippen LogP contribution in [0.2, 0.25) is 0 Å². The molecular formula is C13H14N6O5. The maximum atomic E-state index is 12.1. The van der Waals surface area contributed by atoms with E-state index < -0.39 is 16.9 Å². The highest BCUT2D eigenvalue weighted by Gasteiger charge is 2.18. The zero-order chi connectivity index (χ0) is 17.9. The quantitative estimate of drug-likeness (QED) is 0.549. The fourth-order valence-corrected chi connectivity index (χ4v) is 1.99. The molecule has 0 spiro atoms. The molecule has 0 aliphatic carbocycles. The van der Waals surface area contributed by atoms with E-state index in [2.05, 4.69) is 15.7 Å². The number of benzene rings is 1. The van der Waals surface area contributed by atoms with E-state index in [9.17, 15) is 19.7 Å². The topological polar surface area (TPSA) is 154 Å². The van der Waals surface area contributed by atoms with Gasteiger partial charge in [0.25, 0.3) is 11.6 Å². The third-order valence-corrected chi connectivity index (χ3v) is 3.06. The van der Waals surface area contributed by atoms with Gasteiger partial charge in [-0.1, -0.05) is 0 Å². The lowest BCUT2D eigenvalue weighted by atomic mass is 10.2. The Morgan fingerprint density at radius 1 is 1.33 bits per heavy atom. The molecule has 0 atom stereocenters. The minimum absolute atomic E-state index is 0.0285. The Bertz CT molecular complexity index is 815. The van der Waals surface area contributed by atoms with Gasteiger partial charge in [-0.2, -0.15) is 5.10 Å². The van der Waals surface area contributed by atoms with Crippen molar-refractivity contribution in [3.8, 4) is 5.75 Å². The molecule has 0 unspecified atom stereocenters. The summed E-state index contributed by atoms with van der Waals surface area (Å²) in [7, 11) is 2.82. The van der Waals surface area contributed by atoms with Crippen LogP contribution < -0.4 is 21.1 Å². The number of nitrogens with zero attached hydrogens (tertiary/aromatic N) is 3. The van der Waals surface area contributed by atoms with E-state index >= 15 is 0 Å². The zero-order valence-corrected chi connectivity index (χ0v) is 12.8. The van der Waals surface area contributed by atoms with Crippen molar-refractivity contribution in [3.63, 3.8) is 0 Å². The van der Waals surface area contributed by atoms with Gasteiger partial charge < -0.3 is 21.1 Å². The Morgan fingerprint density at radius 2 is 2.00 bits per heavy atom. The number of amides is 3. The normalized spacial score (nSPS) is 10.1. The van der Waals surface area contributed by atoms with Crippen molar-refractivity contribution in [2.24, 2.45) is 12.8 Å². The molecule has 4 N–H and O–H groups in total. The van der Waals surface area contributed by atoms with E-state index in [0.717, 1.165) is 0 Å². The van der Waals surface area contributed by atoms with E-state index in [-0.39, 0.29) is 28.5 Å². The number of nitro benzene ring substituents is 1. The molecule has 0 saturated heterocycles. The van der Waals surface area contributed by atoms with Gasteiger partial charge >= 0.3 is 6.03 Å². The van der Waals surface area contributed by atoms with Gasteiger partial charge in [0.05, 0.1) is 35.7 Å². The molecule has 0 fully saturated rings. The predicted octanol–water partition coefficient (Wildman–Crippen LogP) is 1.08. The lowest BCUT2D eigenvalue weighted by Crippen LogP contribution is -2.23. The Morgan fingerprint density at radius 3 is 2.58 bits per heavy atom. The minimum Gasteiger partial charge on any atom is -0.494 e. The first-order chi connectivity index (χ1) is 11.3. The molecule has 1 aromatic heterocycles. The average molecular weight is 334 g/mol. The SMILES string of the molecule is COc1cc([N+](=O)[O-])ccc1NC(=O)Nc1cnn(C)c1C(N)=O. The summed E-state index contributed by atoms with van der Waals surface area (Å²) in [4.78, 5) is 33.6. The van der Waals surface area contributed by atoms with Gasteiger partial charge in [0.1, 0.15) is 11.4 Å². The minimum atomic E-state index is -0.752. The number of non-ortho nitro benzene ring substituents is 1. The molecule has 0 radical (unpaired) electrons. The molecule has 1 aromatic carbocycles. The smallest absolute Gasteiger partial charge is 0.323 e. The lowest BCUT2D eigenvalue weighted by molar-refractivity contribution is -0.384. The Labute approximate surface area is 135 Å². The van der Waals surface area contributed by atoms with Gasteiger partial charge in [0, 0.05) is 13.1 Å². The number of nitrogens with two attached hydrogens (primary N) is 1. The highest BCUT2D eigenvalue weighted by Crippen LogP contribution is 2.29. The predicted molar refractivity (Wildman–Crippen MR) is 84.0 cm³/mol. The van der Waals surface area contributed by atoms with Crippen LogP contribution in [0.1, 0.15) is 10.5 Å². The summed E-state index contributed by atoms with van der Waals surface area (Å²) in [6, 6.07) is 3.03. The van der Waals surface area contributed by atoms with Crippen molar-refractivity contribution in [1.82, 2.24) is 9.78 Å². The summed E-state index contributed by atoms with van der Waals surface area (Å²) in [6.07, 6.45) is 1.27. The fraction of sp³-hybridized carbons (Fsp3) is 0.154. The molecule has 11 nitrogen and oxygen atoms in total. The molecule has 0 aliphatic rings. The van der Waals surface area contributed by atoms with Crippen LogP contribution in [0.25, 0.3) is 0 Å². The molecule has 24 heavy (non-hydrogen) atoms. The molecule has 2 rings (SSSR count). The summed E-state index contributed by atoms with van der Waals surface area (Å²) in [5.74, 6) is -0.640. The number of ether oxygens (including phenoxy) is 1. The molecule has 1 heterocycles. The summed E-state index contributed by atoms with van der Waals surface area (Å²) in [5, 5.41) is 19.5. The highest BCUT2D eigenvalue weighted by molar-refractivity contribution is 6.05. The number of nitrogens with one attached hydrogen (secondary N) is 2. The Hall–Kier alpha value is -3.63. The van der Waals surface area contributed by atoms with Gasteiger partial charge in [-0.15, -0.1) is 0 Å². The van der Waals surface area contributed by atoms with Crippen LogP contribution in [0.15, 0.2) is 24.4 Å². The molecule has 3 amide bonds. The lowest BCUT2D eigenvalue weighted by Gasteiger charge is -2.11. The van der Waals surface area contributed by atoms with Crippen molar-refractivity contribution >= 4 is 29.0 Å². The number of hydrogen-bond donors (Lipinski definition) is 3. The first kappa shape index (κ1) is 16.7. The van der Waals surface area contributed by atoms with E-state index in [4.69, 9.17) is 10.5 Å². The summed E-state index contributed by atoms with van der Waals surface area (Å²) >= 11 is 0. The monoisotopic (exact) mass is 334 g/mol. The fourth-order valence-electron chi connectivity index (χ4n) is 1.99.